The minimum absolute atomic E-state index is 0.0434. The van der Waals surface area contributed by atoms with E-state index in [0.29, 0.717) is 6.42 Å². The number of nitrogens with zero attached hydrogens (tertiary/aromatic N) is 2. The van der Waals surface area contributed by atoms with Gasteiger partial charge in [-0.3, -0.25) is 9.59 Å². The summed E-state index contributed by atoms with van der Waals surface area (Å²) in [6.07, 6.45) is 3.84. The van der Waals surface area contributed by atoms with Crippen molar-refractivity contribution < 1.29 is 14.7 Å². The topological polar surface area (TPSA) is 60.9 Å². The summed E-state index contributed by atoms with van der Waals surface area (Å²) < 4.78 is 0. The van der Waals surface area contributed by atoms with Crippen LogP contribution in [0.1, 0.15) is 39.0 Å². The second-order valence-electron chi connectivity index (χ2n) is 6.13. The molecule has 0 radical (unpaired) electrons. The molecule has 0 aromatic carbocycles. The quantitative estimate of drug-likeness (QED) is 0.760. The van der Waals surface area contributed by atoms with Crippen molar-refractivity contribution in [3.8, 4) is 0 Å². The molecule has 5 nitrogen and oxygen atoms in total. The van der Waals surface area contributed by atoms with E-state index in [9.17, 15) is 9.59 Å². The standard InChI is InChI=1S/C14H26N2O3/c1-11(9-13(18)19)8-12(17)16(4)10-14(15(2)3)6-5-7-14/h11H,5-10H2,1-4H3,(H,18,19). The third-order valence-corrected chi connectivity index (χ3v) is 4.24. The van der Waals surface area contributed by atoms with E-state index in [1.165, 1.54) is 6.42 Å². The molecule has 1 rings (SSSR count). The van der Waals surface area contributed by atoms with Gasteiger partial charge in [-0.1, -0.05) is 6.92 Å². The summed E-state index contributed by atoms with van der Waals surface area (Å²) in [4.78, 5) is 26.7. The minimum Gasteiger partial charge on any atom is -0.481 e. The molecule has 5 heteroatoms. The van der Waals surface area contributed by atoms with Crippen LogP contribution in [-0.2, 0) is 9.59 Å². The predicted molar refractivity (Wildman–Crippen MR) is 73.9 cm³/mol. The molecule has 1 unspecified atom stereocenters. The van der Waals surface area contributed by atoms with E-state index in [2.05, 4.69) is 19.0 Å². The third kappa shape index (κ3) is 4.20. The van der Waals surface area contributed by atoms with Crippen LogP contribution < -0.4 is 0 Å². The average molecular weight is 270 g/mol. The highest BCUT2D eigenvalue weighted by molar-refractivity contribution is 5.77. The van der Waals surface area contributed by atoms with Gasteiger partial charge in [0, 0.05) is 32.0 Å². The molecule has 0 saturated heterocycles. The summed E-state index contributed by atoms with van der Waals surface area (Å²) in [5.41, 5.74) is 0.125. The molecule has 0 spiro atoms. The first kappa shape index (κ1) is 16.0. The van der Waals surface area contributed by atoms with Gasteiger partial charge in [0.1, 0.15) is 0 Å². The molecular weight excluding hydrogens is 244 g/mol. The zero-order valence-electron chi connectivity index (χ0n) is 12.5. The molecule has 19 heavy (non-hydrogen) atoms. The van der Waals surface area contributed by atoms with Crippen molar-refractivity contribution in [3.05, 3.63) is 0 Å². The lowest BCUT2D eigenvalue weighted by atomic mass is 9.75. The summed E-state index contributed by atoms with van der Waals surface area (Å²) in [5.74, 6) is -0.905. The first-order valence-corrected chi connectivity index (χ1v) is 6.90. The number of carbonyl (C=O) groups is 2. The van der Waals surface area contributed by atoms with Gasteiger partial charge in [-0.2, -0.15) is 0 Å². The number of amides is 1. The zero-order valence-corrected chi connectivity index (χ0v) is 12.5. The maximum Gasteiger partial charge on any atom is 0.303 e. The van der Waals surface area contributed by atoms with Crippen molar-refractivity contribution in [2.75, 3.05) is 27.7 Å². The van der Waals surface area contributed by atoms with Crippen molar-refractivity contribution in [3.63, 3.8) is 0 Å². The zero-order chi connectivity index (χ0) is 14.6. The van der Waals surface area contributed by atoms with E-state index in [4.69, 9.17) is 5.11 Å². The molecule has 110 valence electrons. The van der Waals surface area contributed by atoms with Gasteiger partial charge in [-0.25, -0.2) is 0 Å². The first-order chi connectivity index (χ1) is 8.77. The summed E-state index contributed by atoms with van der Waals surface area (Å²) in [7, 11) is 5.94. The van der Waals surface area contributed by atoms with E-state index in [1.54, 1.807) is 4.90 Å². The lowest BCUT2D eigenvalue weighted by Crippen LogP contribution is -2.57. The normalized spacial score (nSPS) is 18.8. The number of likely N-dealkylation sites (N-methyl/N-ethyl adjacent to an activating group) is 2. The van der Waals surface area contributed by atoms with Gasteiger partial charge in [0.15, 0.2) is 0 Å². The highest BCUT2D eigenvalue weighted by Gasteiger charge is 2.40. The molecule has 1 aliphatic carbocycles. The maximum atomic E-state index is 12.1. The fourth-order valence-corrected chi connectivity index (χ4v) is 2.69. The van der Waals surface area contributed by atoms with Crippen LogP contribution in [0.4, 0.5) is 0 Å². The lowest BCUT2D eigenvalue weighted by Gasteiger charge is -2.49. The Morgan fingerprint density at radius 1 is 1.21 bits per heavy atom. The Labute approximate surface area is 115 Å². The predicted octanol–water partition coefficient (Wildman–Crippen LogP) is 1.43. The molecule has 1 atom stereocenters. The lowest BCUT2D eigenvalue weighted by molar-refractivity contribution is -0.138. The fourth-order valence-electron chi connectivity index (χ4n) is 2.69. The molecule has 1 amide bonds. The molecular formula is C14H26N2O3. The number of rotatable bonds is 7. The monoisotopic (exact) mass is 270 g/mol. The van der Waals surface area contributed by atoms with E-state index in [0.717, 1.165) is 19.4 Å². The molecule has 1 N–H and O–H groups in total. The number of hydrogen-bond donors (Lipinski definition) is 1. The van der Waals surface area contributed by atoms with E-state index < -0.39 is 5.97 Å². The van der Waals surface area contributed by atoms with Crippen molar-refractivity contribution in [1.29, 1.82) is 0 Å². The van der Waals surface area contributed by atoms with Gasteiger partial charge in [0.2, 0.25) is 5.91 Å². The fraction of sp³-hybridized carbons (Fsp3) is 0.857. The van der Waals surface area contributed by atoms with Gasteiger partial charge in [0.05, 0.1) is 0 Å². The number of aliphatic carboxylic acids is 1. The molecule has 1 fully saturated rings. The number of hydrogen-bond acceptors (Lipinski definition) is 3. The van der Waals surface area contributed by atoms with Gasteiger partial charge >= 0.3 is 5.97 Å². The van der Waals surface area contributed by atoms with Crippen molar-refractivity contribution in [2.24, 2.45) is 5.92 Å². The number of carboxylic acid groups (broad SMARTS) is 1. The van der Waals surface area contributed by atoms with E-state index >= 15 is 0 Å². The summed E-state index contributed by atoms with van der Waals surface area (Å²) in [5, 5.41) is 8.71. The largest absolute Gasteiger partial charge is 0.481 e. The molecule has 0 heterocycles. The van der Waals surface area contributed by atoms with Gasteiger partial charge in [-0.05, 0) is 39.3 Å². The van der Waals surface area contributed by atoms with Crippen LogP contribution in [0.2, 0.25) is 0 Å². The Kier molecular flexibility index (Phi) is 5.35. The SMILES string of the molecule is CC(CC(=O)O)CC(=O)N(C)CC1(N(C)C)CCC1. The highest BCUT2D eigenvalue weighted by atomic mass is 16.4. The van der Waals surface area contributed by atoms with E-state index in [1.807, 2.05) is 14.0 Å². The summed E-state index contributed by atoms with van der Waals surface area (Å²) in [6.45, 7) is 2.55. The van der Waals surface area contributed by atoms with Crippen LogP contribution in [0.25, 0.3) is 0 Å². The molecule has 0 aromatic heterocycles. The van der Waals surface area contributed by atoms with Crippen molar-refractivity contribution in [2.45, 2.75) is 44.6 Å². The van der Waals surface area contributed by atoms with E-state index in [-0.39, 0.29) is 23.8 Å². The van der Waals surface area contributed by atoms with Gasteiger partial charge in [-0.15, -0.1) is 0 Å². The summed E-state index contributed by atoms with van der Waals surface area (Å²) >= 11 is 0. The molecule has 0 aromatic rings. The van der Waals surface area contributed by atoms with Gasteiger partial charge in [0.25, 0.3) is 0 Å². The average Bonchev–Trinajstić information content (AvgIpc) is 2.20. The van der Waals surface area contributed by atoms with Crippen LogP contribution in [-0.4, -0.2) is 60.0 Å². The van der Waals surface area contributed by atoms with Crippen molar-refractivity contribution in [1.82, 2.24) is 9.80 Å². The van der Waals surface area contributed by atoms with Crippen LogP contribution in [0, 0.1) is 5.92 Å². The van der Waals surface area contributed by atoms with Crippen LogP contribution >= 0.6 is 0 Å². The van der Waals surface area contributed by atoms with Crippen molar-refractivity contribution >= 4 is 11.9 Å². The van der Waals surface area contributed by atoms with Gasteiger partial charge < -0.3 is 14.9 Å². The number of carboxylic acids is 1. The molecule has 1 saturated carbocycles. The smallest absolute Gasteiger partial charge is 0.303 e. The highest BCUT2D eigenvalue weighted by Crippen LogP contribution is 2.36. The first-order valence-electron chi connectivity index (χ1n) is 6.90. The maximum absolute atomic E-state index is 12.1. The van der Waals surface area contributed by atoms with Crippen LogP contribution in [0.5, 0.6) is 0 Å². The summed E-state index contributed by atoms with van der Waals surface area (Å²) in [6, 6.07) is 0. The van der Waals surface area contributed by atoms with Crippen LogP contribution in [0.15, 0.2) is 0 Å². The Balaban J connectivity index is 2.46. The number of carbonyl (C=O) groups excluding carboxylic acids is 1. The Hall–Kier alpha value is -1.10. The molecule has 0 bridgehead atoms. The second-order valence-corrected chi connectivity index (χ2v) is 6.13. The van der Waals surface area contributed by atoms with Crippen LogP contribution in [0.3, 0.4) is 0 Å². The molecule has 0 aliphatic heterocycles. The molecule has 1 aliphatic rings. The Bertz CT molecular complexity index is 338. The Morgan fingerprint density at radius 3 is 2.16 bits per heavy atom. The second kappa shape index (κ2) is 6.37. The Morgan fingerprint density at radius 2 is 1.79 bits per heavy atom. The third-order valence-electron chi connectivity index (χ3n) is 4.24. The minimum atomic E-state index is -0.841.